The quantitative estimate of drug-likeness (QED) is 0.455. The van der Waals surface area contributed by atoms with E-state index in [0.29, 0.717) is 32.1 Å². The zero-order chi connectivity index (χ0) is 21.3. The molecule has 0 aromatic heterocycles. The van der Waals surface area contributed by atoms with Crippen LogP contribution in [0.5, 0.6) is 0 Å². The summed E-state index contributed by atoms with van der Waals surface area (Å²) in [6.45, 7) is 7.70. The molecular formula is C26H37NO3. The highest BCUT2D eigenvalue weighted by Gasteiger charge is 2.30. The van der Waals surface area contributed by atoms with Crippen LogP contribution in [0.1, 0.15) is 64.9 Å². The molecule has 30 heavy (non-hydrogen) atoms. The Morgan fingerprint density at radius 1 is 1.00 bits per heavy atom. The van der Waals surface area contributed by atoms with Gasteiger partial charge in [-0.2, -0.15) is 0 Å². The molecule has 1 atom stereocenters. The van der Waals surface area contributed by atoms with E-state index in [9.17, 15) is 4.79 Å². The van der Waals surface area contributed by atoms with Crippen LogP contribution in [0.2, 0.25) is 0 Å². The topological polar surface area (TPSA) is 38.8 Å². The van der Waals surface area contributed by atoms with E-state index in [1.165, 1.54) is 48.4 Å². The van der Waals surface area contributed by atoms with Gasteiger partial charge in [0.25, 0.3) is 0 Å². The van der Waals surface area contributed by atoms with Gasteiger partial charge in [-0.1, -0.05) is 61.7 Å². The molecule has 0 bridgehead atoms. The van der Waals surface area contributed by atoms with Crippen LogP contribution in [0, 0.1) is 5.92 Å². The summed E-state index contributed by atoms with van der Waals surface area (Å²) in [5.74, 6) is 0.720. The van der Waals surface area contributed by atoms with Crippen molar-refractivity contribution in [3.63, 3.8) is 0 Å². The zero-order valence-corrected chi connectivity index (χ0v) is 18.8. The van der Waals surface area contributed by atoms with Crippen LogP contribution in [0.15, 0.2) is 42.5 Å². The van der Waals surface area contributed by atoms with E-state index in [0.717, 1.165) is 0 Å². The number of hydrogen-bond acceptors (Lipinski definition) is 3. The van der Waals surface area contributed by atoms with Gasteiger partial charge in [-0.3, -0.25) is 4.79 Å². The van der Waals surface area contributed by atoms with Crippen LogP contribution in [0.25, 0.3) is 10.8 Å². The lowest BCUT2D eigenvalue weighted by molar-refractivity contribution is -0.179. The molecule has 1 amide bonds. The number of hydrogen-bond donors (Lipinski definition) is 0. The summed E-state index contributed by atoms with van der Waals surface area (Å²) < 4.78 is 11.7. The summed E-state index contributed by atoms with van der Waals surface area (Å²) in [4.78, 5) is 15.5. The maximum absolute atomic E-state index is 13.5. The van der Waals surface area contributed by atoms with Gasteiger partial charge in [0.15, 0.2) is 6.29 Å². The van der Waals surface area contributed by atoms with Crippen molar-refractivity contribution in [2.24, 2.45) is 5.92 Å². The Morgan fingerprint density at radius 2 is 1.67 bits per heavy atom. The first-order valence-corrected chi connectivity index (χ1v) is 11.6. The zero-order valence-electron chi connectivity index (χ0n) is 18.8. The van der Waals surface area contributed by atoms with E-state index in [1.54, 1.807) is 0 Å². The first-order chi connectivity index (χ1) is 14.6. The van der Waals surface area contributed by atoms with E-state index in [-0.39, 0.29) is 11.9 Å². The molecule has 2 aromatic carbocycles. The Balaban J connectivity index is 1.86. The Morgan fingerprint density at radius 3 is 2.37 bits per heavy atom. The van der Waals surface area contributed by atoms with Crippen molar-refractivity contribution in [2.45, 2.75) is 78.2 Å². The van der Waals surface area contributed by atoms with Gasteiger partial charge < -0.3 is 14.4 Å². The average molecular weight is 412 g/mol. The molecule has 1 fully saturated rings. The molecule has 0 aliphatic heterocycles. The van der Waals surface area contributed by atoms with Crippen molar-refractivity contribution in [2.75, 3.05) is 13.2 Å². The highest BCUT2D eigenvalue weighted by molar-refractivity contribution is 5.86. The molecule has 4 heteroatoms. The molecular weight excluding hydrogens is 374 g/mol. The first kappa shape index (κ1) is 22.8. The largest absolute Gasteiger partial charge is 0.351 e. The highest BCUT2D eigenvalue weighted by atomic mass is 16.7. The van der Waals surface area contributed by atoms with Crippen LogP contribution < -0.4 is 0 Å². The molecule has 1 saturated carbocycles. The van der Waals surface area contributed by atoms with E-state index >= 15 is 0 Å². The minimum absolute atomic E-state index is 0.153. The van der Waals surface area contributed by atoms with Crippen molar-refractivity contribution in [3.8, 4) is 0 Å². The summed E-state index contributed by atoms with van der Waals surface area (Å²) in [6, 6.07) is 14.6. The maximum atomic E-state index is 13.5. The molecule has 0 unspecified atom stereocenters. The summed E-state index contributed by atoms with van der Waals surface area (Å²) in [5.41, 5.74) is 1.17. The lowest BCUT2D eigenvalue weighted by atomic mass is 9.86. The summed E-state index contributed by atoms with van der Waals surface area (Å²) in [6.07, 6.45) is 6.35. The smallest absolute Gasteiger partial charge is 0.223 e. The second kappa shape index (κ2) is 11.5. The molecule has 0 heterocycles. The molecule has 0 spiro atoms. The monoisotopic (exact) mass is 411 g/mol. The average Bonchev–Trinajstić information content (AvgIpc) is 2.77. The highest BCUT2D eigenvalue weighted by Crippen LogP contribution is 2.29. The molecule has 4 nitrogen and oxygen atoms in total. The number of benzene rings is 2. The third-order valence-electron chi connectivity index (χ3n) is 6.28. The molecule has 164 valence electrons. The third-order valence-corrected chi connectivity index (χ3v) is 6.28. The Labute approximate surface area is 181 Å². The SMILES string of the molecule is CCOC(OCC)[C@H](C)N(Cc1cccc2ccccc12)C(=O)CC1CCCCC1. The lowest BCUT2D eigenvalue weighted by Gasteiger charge is -2.36. The molecule has 1 aliphatic carbocycles. The van der Waals surface area contributed by atoms with Gasteiger partial charge in [0.1, 0.15) is 0 Å². The van der Waals surface area contributed by atoms with Crippen molar-refractivity contribution in [1.29, 1.82) is 0 Å². The fourth-order valence-electron chi connectivity index (χ4n) is 4.63. The number of rotatable bonds is 10. The summed E-state index contributed by atoms with van der Waals surface area (Å²) in [5, 5.41) is 2.40. The van der Waals surface area contributed by atoms with Crippen molar-refractivity contribution >= 4 is 16.7 Å². The fourth-order valence-corrected chi connectivity index (χ4v) is 4.63. The number of carbonyl (C=O) groups is 1. The van der Waals surface area contributed by atoms with E-state index in [2.05, 4.69) is 49.4 Å². The molecule has 0 saturated heterocycles. The molecule has 0 radical (unpaired) electrons. The predicted molar refractivity (Wildman–Crippen MR) is 122 cm³/mol. The van der Waals surface area contributed by atoms with Crippen LogP contribution in [-0.4, -0.2) is 36.4 Å². The Hall–Kier alpha value is -1.91. The van der Waals surface area contributed by atoms with Gasteiger partial charge in [0.05, 0.1) is 6.04 Å². The summed E-state index contributed by atoms with van der Waals surface area (Å²) in [7, 11) is 0. The van der Waals surface area contributed by atoms with Crippen molar-refractivity contribution in [1.82, 2.24) is 4.90 Å². The van der Waals surface area contributed by atoms with Crippen molar-refractivity contribution < 1.29 is 14.3 Å². The Kier molecular flexibility index (Phi) is 8.71. The van der Waals surface area contributed by atoms with Gasteiger partial charge in [-0.15, -0.1) is 0 Å². The fraction of sp³-hybridized carbons (Fsp3) is 0.577. The van der Waals surface area contributed by atoms with Gasteiger partial charge in [-0.05, 0) is 55.9 Å². The maximum Gasteiger partial charge on any atom is 0.223 e. The van der Waals surface area contributed by atoms with E-state index in [1.807, 2.05) is 18.7 Å². The number of ether oxygens (including phenoxy) is 2. The third kappa shape index (κ3) is 5.83. The molecule has 1 aliphatic rings. The number of carbonyl (C=O) groups excluding carboxylic acids is 1. The first-order valence-electron chi connectivity index (χ1n) is 11.6. The predicted octanol–water partition coefficient (Wildman–Crippen LogP) is 5.93. The van der Waals surface area contributed by atoms with Crippen LogP contribution >= 0.6 is 0 Å². The van der Waals surface area contributed by atoms with E-state index in [4.69, 9.17) is 9.47 Å². The minimum Gasteiger partial charge on any atom is -0.351 e. The number of amides is 1. The second-order valence-electron chi connectivity index (χ2n) is 8.39. The van der Waals surface area contributed by atoms with Crippen molar-refractivity contribution in [3.05, 3.63) is 48.0 Å². The van der Waals surface area contributed by atoms with E-state index < -0.39 is 6.29 Å². The number of fused-ring (bicyclic) bond motifs is 1. The molecule has 2 aromatic rings. The Bertz CT molecular complexity index is 788. The van der Waals surface area contributed by atoms with Crippen LogP contribution in [-0.2, 0) is 20.8 Å². The molecule has 3 rings (SSSR count). The van der Waals surface area contributed by atoms with Crippen LogP contribution in [0.3, 0.4) is 0 Å². The van der Waals surface area contributed by atoms with Gasteiger partial charge in [0.2, 0.25) is 5.91 Å². The number of nitrogens with zero attached hydrogens (tertiary/aromatic N) is 1. The second-order valence-corrected chi connectivity index (χ2v) is 8.39. The molecule has 0 N–H and O–H groups in total. The summed E-state index contributed by atoms with van der Waals surface area (Å²) >= 11 is 0. The minimum atomic E-state index is -0.412. The standard InChI is InChI=1S/C26H37NO3/c1-4-29-26(30-5-2)20(3)27(25(28)18-21-12-7-6-8-13-21)19-23-16-11-15-22-14-9-10-17-24(22)23/h9-11,14-17,20-21,26H,4-8,12-13,18-19H2,1-3H3/t20-/m0/s1. The van der Waals surface area contributed by atoms with Gasteiger partial charge in [0, 0.05) is 26.2 Å². The van der Waals surface area contributed by atoms with Gasteiger partial charge >= 0.3 is 0 Å². The van der Waals surface area contributed by atoms with Crippen LogP contribution in [0.4, 0.5) is 0 Å². The normalized spacial score (nSPS) is 16.1. The lowest BCUT2D eigenvalue weighted by Crippen LogP contribution is -2.47. The van der Waals surface area contributed by atoms with Gasteiger partial charge in [-0.25, -0.2) is 0 Å².